The van der Waals surface area contributed by atoms with Crippen LogP contribution in [0.1, 0.15) is 20.3 Å². The second-order valence-corrected chi connectivity index (χ2v) is 5.53. The average molecular weight is 281 g/mol. The third-order valence-electron chi connectivity index (χ3n) is 3.11. The number of pyridine rings is 1. The molecule has 5 heteroatoms. The molecular weight excluding hydrogens is 254 g/mol. The number of aromatic nitrogens is 1. The average Bonchev–Trinajstić information content (AvgIpc) is 2.39. The molecule has 0 amide bonds. The van der Waals surface area contributed by atoms with Crippen LogP contribution in [0.5, 0.6) is 0 Å². The molecule has 5 nitrogen and oxygen atoms in total. The second-order valence-electron chi connectivity index (χ2n) is 5.53. The Morgan fingerprint density at radius 1 is 1.35 bits per heavy atom. The molecule has 114 valence electrons. The Hall–Kier alpha value is -1.33. The highest BCUT2D eigenvalue weighted by atomic mass is 16.5. The molecule has 1 aromatic rings. The number of nitrogens with zero attached hydrogens (tertiary/aromatic N) is 2. The Bertz CT molecular complexity index is 443. The number of ether oxygens (including phenoxy) is 1. The zero-order valence-electron chi connectivity index (χ0n) is 12.8. The molecule has 1 heterocycles. The highest BCUT2D eigenvalue weighted by Crippen LogP contribution is 2.02. The predicted octanol–water partition coefficient (Wildman–Crippen LogP) is 1.42. The molecule has 0 aliphatic carbocycles. The quantitative estimate of drug-likeness (QED) is 0.744. The zero-order chi connectivity index (χ0) is 15.0. The Morgan fingerprint density at radius 3 is 2.75 bits per heavy atom. The summed E-state index contributed by atoms with van der Waals surface area (Å²) in [6, 6.07) is 3.16. The highest BCUT2D eigenvalue weighted by Gasteiger charge is 2.07. The van der Waals surface area contributed by atoms with Gasteiger partial charge in [0.2, 0.25) is 0 Å². The normalized spacial score (nSPS) is 11.4. The van der Waals surface area contributed by atoms with Gasteiger partial charge in [-0.25, -0.2) is 0 Å². The summed E-state index contributed by atoms with van der Waals surface area (Å²) in [5.74, 6) is 0.627. The summed E-state index contributed by atoms with van der Waals surface area (Å²) in [6.45, 7) is 8.80. The Morgan fingerprint density at radius 2 is 2.10 bits per heavy atom. The summed E-state index contributed by atoms with van der Waals surface area (Å²) in [5.41, 5.74) is 6.34. The van der Waals surface area contributed by atoms with Gasteiger partial charge in [-0.3, -0.25) is 4.79 Å². The van der Waals surface area contributed by atoms with Crippen molar-refractivity contribution in [3.8, 4) is 0 Å². The number of rotatable bonds is 9. The zero-order valence-corrected chi connectivity index (χ0v) is 12.8. The lowest BCUT2D eigenvalue weighted by atomic mass is 10.2. The summed E-state index contributed by atoms with van der Waals surface area (Å²) >= 11 is 0. The fourth-order valence-corrected chi connectivity index (χ4v) is 2.22. The van der Waals surface area contributed by atoms with Gasteiger partial charge >= 0.3 is 0 Å². The molecule has 1 aromatic heterocycles. The van der Waals surface area contributed by atoms with E-state index < -0.39 is 0 Å². The molecule has 0 aromatic carbocycles. The van der Waals surface area contributed by atoms with E-state index in [-0.39, 0.29) is 5.56 Å². The molecule has 1 rings (SSSR count). The van der Waals surface area contributed by atoms with Gasteiger partial charge in [0, 0.05) is 44.7 Å². The third-order valence-corrected chi connectivity index (χ3v) is 3.11. The molecule has 0 fully saturated rings. The first-order valence-corrected chi connectivity index (χ1v) is 7.20. The maximum atomic E-state index is 11.7. The molecule has 0 bridgehead atoms. The first-order valence-electron chi connectivity index (χ1n) is 7.20. The van der Waals surface area contributed by atoms with Gasteiger partial charge in [0.05, 0.1) is 6.61 Å². The van der Waals surface area contributed by atoms with E-state index in [9.17, 15) is 4.79 Å². The fraction of sp³-hybridized carbons (Fsp3) is 0.667. The van der Waals surface area contributed by atoms with Gasteiger partial charge in [-0.2, -0.15) is 0 Å². The SMILES string of the molecule is COCCN(CCCn1cc(N)ccc1=O)CC(C)C. The maximum Gasteiger partial charge on any atom is 0.250 e. The van der Waals surface area contributed by atoms with Gasteiger partial charge in [-0.05, 0) is 24.9 Å². The number of hydrogen-bond acceptors (Lipinski definition) is 4. The van der Waals surface area contributed by atoms with Crippen LogP contribution >= 0.6 is 0 Å². The molecule has 0 radical (unpaired) electrons. The maximum absolute atomic E-state index is 11.7. The number of methoxy groups -OCH3 is 1. The summed E-state index contributed by atoms with van der Waals surface area (Å²) in [5, 5.41) is 0. The van der Waals surface area contributed by atoms with Gasteiger partial charge in [0.1, 0.15) is 0 Å². The van der Waals surface area contributed by atoms with Crippen molar-refractivity contribution in [2.45, 2.75) is 26.8 Å². The number of hydrogen-bond donors (Lipinski definition) is 1. The van der Waals surface area contributed by atoms with Gasteiger partial charge < -0.3 is 19.9 Å². The first-order chi connectivity index (χ1) is 9.52. The molecule has 0 unspecified atom stereocenters. The minimum atomic E-state index is 0.00602. The van der Waals surface area contributed by atoms with Crippen molar-refractivity contribution in [2.75, 3.05) is 39.1 Å². The first kappa shape index (κ1) is 16.7. The van der Waals surface area contributed by atoms with Crippen LogP contribution in [-0.4, -0.2) is 42.8 Å². The Kier molecular flexibility index (Phi) is 7.33. The topological polar surface area (TPSA) is 60.5 Å². The lowest BCUT2D eigenvalue weighted by molar-refractivity contribution is 0.138. The van der Waals surface area contributed by atoms with E-state index >= 15 is 0 Å². The van der Waals surface area contributed by atoms with Gasteiger partial charge in [-0.1, -0.05) is 13.8 Å². The minimum Gasteiger partial charge on any atom is -0.398 e. The third kappa shape index (κ3) is 6.21. The lowest BCUT2D eigenvalue weighted by Crippen LogP contribution is -2.33. The highest BCUT2D eigenvalue weighted by molar-refractivity contribution is 5.33. The number of aryl methyl sites for hydroxylation is 1. The summed E-state index contributed by atoms with van der Waals surface area (Å²) < 4.78 is 6.82. The fourth-order valence-electron chi connectivity index (χ4n) is 2.22. The van der Waals surface area contributed by atoms with Crippen LogP contribution in [0.25, 0.3) is 0 Å². The van der Waals surface area contributed by atoms with E-state index in [2.05, 4.69) is 18.7 Å². The predicted molar refractivity (Wildman–Crippen MR) is 82.9 cm³/mol. The minimum absolute atomic E-state index is 0.00602. The number of anilines is 1. The van der Waals surface area contributed by atoms with Crippen molar-refractivity contribution in [3.63, 3.8) is 0 Å². The second kappa shape index (κ2) is 8.76. The van der Waals surface area contributed by atoms with Crippen molar-refractivity contribution in [3.05, 3.63) is 28.7 Å². The van der Waals surface area contributed by atoms with E-state index in [1.54, 1.807) is 23.9 Å². The van der Waals surface area contributed by atoms with E-state index in [0.717, 1.165) is 32.7 Å². The van der Waals surface area contributed by atoms with E-state index in [1.165, 1.54) is 6.07 Å². The van der Waals surface area contributed by atoms with Crippen LogP contribution < -0.4 is 11.3 Å². The molecule has 0 spiro atoms. The molecule has 20 heavy (non-hydrogen) atoms. The van der Waals surface area contributed by atoms with Crippen LogP contribution in [0.15, 0.2) is 23.1 Å². The molecule has 0 saturated carbocycles. The number of nitrogens with two attached hydrogens (primary N) is 1. The molecule has 2 N–H and O–H groups in total. The largest absolute Gasteiger partial charge is 0.398 e. The summed E-state index contributed by atoms with van der Waals surface area (Å²) in [7, 11) is 1.72. The van der Waals surface area contributed by atoms with Crippen molar-refractivity contribution < 1.29 is 4.74 Å². The molecule has 0 aliphatic rings. The van der Waals surface area contributed by atoms with Crippen molar-refractivity contribution in [2.24, 2.45) is 5.92 Å². The standard InChI is InChI=1S/C15H27N3O2/c1-13(2)11-17(9-10-20-3)7-4-8-18-12-14(16)5-6-15(18)19/h5-6,12-13H,4,7-11,16H2,1-3H3. The summed E-state index contributed by atoms with van der Waals surface area (Å²) in [4.78, 5) is 14.1. The van der Waals surface area contributed by atoms with Crippen LogP contribution in [0, 0.1) is 5.92 Å². The van der Waals surface area contributed by atoms with Crippen molar-refractivity contribution in [1.29, 1.82) is 0 Å². The van der Waals surface area contributed by atoms with E-state index in [1.807, 2.05) is 0 Å². The van der Waals surface area contributed by atoms with E-state index in [0.29, 0.717) is 18.2 Å². The monoisotopic (exact) mass is 281 g/mol. The molecule has 0 aliphatic heterocycles. The van der Waals surface area contributed by atoms with E-state index in [4.69, 9.17) is 10.5 Å². The van der Waals surface area contributed by atoms with Gasteiger partial charge in [-0.15, -0.1) is 0 Å². The molecule has 0 saturated heterocycles. The molecular formula is C15H27N3O2. The Labute approximate surface area is 121 Å². The van der Waals surface area contributed by atoms with Crippen molar-refractivity contribution >= 4 is 5.69 Å². The summed E-state index contributed by atoms with van der Waals surface area (Å²) in [6.07, 6.45) is 2.64. The van der Waals surface area contributed by atoms with Crippen LogP contribution in [-0.2, 0) is 11.3 Å². The Balaban J connectivity index is 2.46. The molecule has 0 atom stereocenters. The van der Waals surface area contributed by atoms with Crippen LogP contribution in [0.4, 0.5) is 5.69 Å². The van der Waals surface area contributed by atoms with Crippen LogP contribution in [0.2, 0.25) is 0 Å². The van der Waals surface area contributed by atoms with Crippen LogP contribution in [0.3, 0.4) is 0 Å². The van der Waals surface area contributed by atoms with Gasteiger partial charge in [0.15, 0.2) is 0 Å². The number of nitrogen functional groups attached to an aromatic ring is 1. The smallest absolute Gasteiger partial charge is 0.250 e. The lowest BCUT2D eigenvalue weighted by Gasteiger charge is -2.24. The van der Waals surface area contributed by atoms with Crippen molar-refractivity contribution in [1.82, 2.24) is 9.47 Å². The van der Waals surface area contributed by atoms with Gasteiger partial charge in [0.25, 0.3) is 5.56 Å².